The molecular weight excluding hydrogens is 314 g/mol. The van der Waals surface area contributed by atoms with E-state index in [2.05, 4.69) is 77.0 Å². The largest absolute Gasteiger partial charge is 0.418 e. The van der Waals surface area contributed by atoms with Gasteiger partial charge >= 0.3 is 0 Å². The molecule has 0 aliphatic heterocycles. The van der Waals surface area contributed by atoms with Gasteiger partial charge in [0.25, 0.3) is 0 Å². The topological polar surface area (TPSA) is 19.0 Å². The predicted molar refractivity (Wildman–Crippen MR) is 110 cm³/mol. The Morgan fingerprint density at radius 3 is 1.38 bits per heavy atom. The van der Waals surface area contributed by atoms with Gasteiger partial charge in [0.05, 0.1) is 0 Å². The molecule has 0 aliphatic rings. The molecule has 0 radical (unpaired) electrons. The Morgan fingerprint density at radius 2 is 1.08 bits per heavy atom. The lowest BCUT2D eigenvalue weighted by atomic mass is 9.75. The molecule has 0 aromatic carbocycles. The maximum atomic E-state index is 6.11. The van der Waals surface area contributed by atoms with Crippen LogP contribution in [-0.4, -0.2) is 91.5 Å². The summed E-state index contributed by atoms with van der Waals surface area (Å²) in [6.45, 7) is 11.3. The predicted octanol–water partition coefficient (Wildman–Crippen LogP) is 3.46. The monoisotopic (exact) mass is 359 g/mol. The summed E-state index contributed by atoms with van der Waals surface area (Å²) in [5.41, 5.74) is 0.431. The average molecular weight is 360 g/mol. The molecular formula is C19H45N3OSi. The zero-order valence-electron chi connectivity index (χ0n) is 18.1. The maximum absolute atomic E-state index is 6.11. The first-order valence-electron chi connectivity index (χ1n) is 9.60. The average Bonchev–Trinajstić information content (AvgIpc) is 2.45. The standard InChI is InChI=1S/C19H45N3OSi/c1-10-23-24(8,9)18-14-19(11-15-20(2)3,12-16-21(4)5)13-17-22(6)7/h10-18H2,1-9H3. The fourth-order valence-electron chi connectivity index (χ4n) is 3.16. The van der Waals surface area contributed by atoms with Gasteiger partial charge in [-0.15, -0.1) is 0 Å². The second-order valence-corrected chi connectivity index (χ2v) is 13.2. The highest BCUT2D eigenvalue weighted by molar-refractivity contribution is 6.71. The molecule has 0 saturated heterocycles. The molecule has 0 heterocycles. The number of hydrogen-bond acceptors (Lipinski definition) is 4. The molecule has 0 bridgehead atoms. The third kappa shape index (κ3) is 11.6. The van der Waals surface area contributed by atoms with E-state index in [-0.39, 0.29) is 0 Å². The summed E-state index contributed by atoms with van der Waals surface area (Å²) in [5.74, 6) is 0. The zero-order chi connectivity index (χ0) is 18.8. The highest BCUT2D eigenvalue weighted by atomic mass is 28.4. The molecule has 0 atom stereocenters. The van der Waals surface area contributed by atoms with Gasteiger partial charge in [-0.3, -0.25) is 0 Å². The molecule has 5 heteroatoms. The molecule has 0 spiro atoms. The van der Waals surface area contributed by atoms with Gasteiger partial charge in [0, 0.05) is 6.61 Å². The Labute approximate surface area is 153 Å². The van der Waals surface area contributed by atoms with Crippen LogP contribution in [0.3, 0.4) is 0 Å². The van der Waals surface area contributed by atoms with Gasteiger partial charge < -0.3 is 19.1 Å². The molecule has 0 aromatic heterocycles. The van der Waals surface area contributed by atoms with Crippen LogP contribution in [0.15, 0.2) is 0 Å². The van der Waals surface area contributed by atoms with Crippen LogP contribution in [-0.2, 0) is 4.43 Å². The second kappa shape index (κ2) is 11.6. The van der Waals surface area contributed by atoms with Crippen molar-refractivity contribution in [3.05, 3.63) is 0 Å². The Morgan fingerprint density at radius 1 is 0.708 bits per heavy atom. The quantitative estimate of drug-likeness (QED) is 0.442. The van der Waals surface area contributed by atoms with Crippen LogP contribution in [0.4, 0.5) is 0 Å². The van der Waals surface area contributed by atoms with E-state index in [9.17, 15) is 0 Å². The number of hydrogen-bond donors (Lipinski definition) is 0. The molecule has 0 aliphatic carbocycles. The minimum Gasteiger partial charge on any atom is -0.418 e. The third-order valence-corrected chi connectivity index (χ3v) is 7.58. The summed E-state index contributed by atoms with van der Waals surface area (Å²) in [7, 11) is 11.7. The first kappa shape index (κ1) is 24.1. The van der Waals surface area contributed by atoms with Crippen LogP contribution >= 0.6 is 0 Å². The lowest BCUT2D eigenvalue weighted by Gasteiger charge is -2.39. The lowest BCUT2D eigenvalue weighted by molar-refractivity contribution is 0.147. The summed E-state index contributed by atoms with van der Waals surface area (Å²) >= 11 is 0. The molecule has 146 valence electrons. The van der Waals surface area contributed by atoms with E-state index in [1.807, 2.05) is 0 Å². The lowest BCUT2D eigenvalue weighted by Crippen LogP contribution is -2.37. The molecule has 4 nitrogen and oxygen atoms in total. The molecule has 0 unspecified atom stereocenters. The fraction of sp³-hybridized carbons (Fsp3) is 1.00. The Hall–Kier alpha value is 0.0569. The van der Waals surface area contributed by atoms with Crippen LogP contribution in [0.5, 0.6) is 0 Å². The summed E-state index contributed by atoms with van der Waals surface area (Å²) in [4.78, 5) is 7.02. The second-order valence-electron chi connectivity index (χ2n) is 8.85. The van der Waals surface area contributed by atoms with E-state index in [0.717, 1.165) is 6.61 Å². The number of rotatable bonds is 14. The van der Waals surface area contributed by atoms with E-state index in [4.69, 9.17) is 4.43 Å². The van der Waals surface area contributed by atoms with Gasteiger partial charge in [-0.2, -0.15) is 0 Å². The maximum Gasteiger partial charge on any atom is 0.186 e. The van der Waals surface area contributed by atoms with Crippen LogP contribution in [0.25, 0.3) is 0 Å². The minimum atomic E-state index is -1.52. The molecule has 24 heavy (non-hydrogen) atoms. The van der Waals surface area contributed by atoms with Crippen molar-refractivity contribution in [3.63, 3.8) is 0 Å². The molecule has 0 aromatic rings. The highest BCUT2D eigenvalue weighted by Crippen LogP contribution is 2.39. The fourth-order valence-corrected chi connectivity index (χ4v) is 5.22. The van der Waals surface area contributed by atoms with Crippen molar-refractivity contribution in [2.75, 3.05) is 68.5 Å². The minimum absolute atomic E-state index is 0.431. The van der Waals surface area contributed by atoms with Crippen molar-refractivity contribution < 1.29 is 4.43 Å². The van der Waals surface area contributed by atoms with Crippen LogP contribution in [0.1, 0.15) is 32.6 Å². The third-order valence-electron chi connectivity index (χ3n) is 5.06. The summed E-state index contributed by atoms with van der Waals surface area (Å²) in [6.07, 6.45) is 5.18. The van der Waals surface area contributed by atoms with E-state index in [0.29, 0.717) is 5.41 Å². The first-order valence-corrected chi connectivity index (χ1v) is 12.7. The van der Waals surface area contributed by atoms with Gasteiger partial charge in [0.2, 0.25) is 0 Å². The molecule has 0 rings (SSSR count). The highest BCUT2D eigenvalue weighted by Gasteiger charge is 2.33. The van der Waals surface area contributed by atoms with Crippen molar-refractivity contribution in [1.29, 1.82) is 0 Å². The van der Waals surface area contributed by atoms with Gasteiger partial charge in [-0.1, -0.05) is 0 Å². The van der Waals surface area contributed by atoms with Gasteiger partial charge in [0.1, 0.15) is 0 Å². The van der Waals surface area contributed by atoms with E-state index in [1.54, 1.807) is 0 Å². The van der Waals surface area contributed by atoms with Crippen LogP contribution in [0, 0.1) is 5.41 Å². The Balaban J connectivity index is 5.11. The normalized spacial score (nSPS) is 13.5. The molecule has 0 amide bonds. The Bertz CT molecular complexity index is 288. The zero-order valence-corrected chi connectivity index (χ0v) is 19.1. The van der Waals surface area contributed by atoms with Crippen molar-refractivity contribution >= 4 is 8.32 Å². The van der Waals surface area contributed by atoms with Gasteiger partial charge in [-0.05, 0) is 119 Å². The molecule has 0 fully saturated rings. The molecule has 0 N–H and O–H groups in total. The summed E-state index contributed by atoms with van der Waals surface area (Å²) in [5, 5.41) is 0. The van der Waals surface area contributed by atoms with Crippen molar-refractivity contribution in [2.45, 2.75) is 51.7 Å². The van der Waals surface area contributed by atoms with Crippen LogP contribution < -0.4 is 0 Å². The molecule has 0 saturated carbocycles. The van der Waals surface area contributed by atoms with Gasteiger partial charge in [-0.25, -0.2) is 0 Å². The van der Waals surface area contributed by atoms with Gasteiger partial charge in [0.15, 0.2) is 8.32 Å². The van der Waals surface area contributed by atoms with E-state index >= 15 is 0 Å². The van der Waals surface area contributed by atoms with E-state index < -0.39 is 8.32 Å². The van der Waals surface area contributed by atoms with Crippen molar-refractivity contribution in [2.24, 2.45) is 5.41 Å². The number of nitrogens with zero attached hydrogens (tertiary/aromatic N) is 3. The van der Waals surface area contributed by atoms with Crippen LogP contribution in [0.2, 0.25) is 19.1 Å². The smallest absolute Gasteiger partial charge is 0.186 e. The Kier molecular flexibility index (Phi) is 11.7. The van der Waals surface area contributed by atoms with Crippen molar-refractivity contribution in [3.8, 4) is 0 Å². The van der Waals surface area contributed by atoms with E-state index in [1.165, 1.54) is 51.4 Å². The first-order chi connectivity index (χ1) is 11.0. The summed E-state index contributed by atoms with van der Waals surface area (Å²) in [6, 6.07) is 1.27. The van der Waals surface area contributed by atoms with Crippen molar-refractivity contribution in [1.82, 2.24) is 14.7 Å². The SMILES string of the molecule is CCO[Si](C)(C)CCC(CCN(C)C)(CCN(C)C)CCN(C)C. The summed E-state index contributed by atoms with van der Waals surface area (Å²) < 4.78 is 6.11.